The van der Waals surface area contributed by atoms with Crippen molar-refractivity contribution in [3.8, 4) is 17.3 Å². The molecule has 25 heavy (non-hydrogen) atoms. The molecule has 4 rings (SSSR count). The van der Waals surface area contributed by atoms with Gasteiger partial charge in [-0.1, -0.05) is 35.9 Å². The van der Waals surface area contributed by atoms with Crippen molar-refractivity contribution in [3.63, 3.8) is 0 Å². The lowest BCUT2D eigenvalue weighted by atomic mass is 10.2. The minimum Gasteiger partial charge on any atom is -0.438 e. The summed E-state index contributed by atoms with van der Waals surface area (Å²) in [5.41, 5.74) is 3.63. The number of hydrogen-bond acceptors (Lipinski definition) is 4. The first-order chi connectivity index (χ1) is 12.1. The van der Waals surface area contributed by atoms with Crippen LogP contribution in [-0.2, 0) is 0 Å². The zero-order chi connectivity index (χ0) is 17.4. The summed E-state index contributed by atoms with van der Waals surface area (Å²) >= 11 is 6.14. The van der Waals surface area contributed by atoms with E-state index in [0.717, 1.165) is 28.0 Å². The van der Waals surface area contributed by atoms with Crippen molar-refractivity contribution in [3.05, 3.63) is 71.1 Å². The Morgan fingerprint density at radius 3 is 2.68 bits per heavy atom. The Labute approximate surface area is 149 Å². The van der Waals surface area contributed by atoms with Gasteiger partial charge in [-0.2, -0.15) is 5.10 Å². The van der Waals surface area contributed by atoms with E-state index in [1.54, 1.807) is 10.9 Å². The Kier molecular flexibility index (Phi) is 3.86. The maximum absolute atomic E-state index is 6.14. The smallest absolute Gasteiger partial charge is 0.233 e. The highest BCUT2D eigenvalue weighted by Gasteiger charge is 2.14. The number of rotatable bonds is 3. The van der Waals surface area contributed by atoms with E-state index in [4.69, 9.17) is 16.3 Å². The predicted octanol–water partition coefficient (Wildman–Crippen LogP) is 4.88. The topological polar surface area (TPSA) is 52.8 Å². The van der Waals surface area contributed by atoms with Crippen LogP contribution < -0.4 is 4.74 Å². The number of halogens is 1. The fourth-order valence-corrected chi connectivity index (χ4v) is 2.83. The van der Waals surface area contributed by atoms with Crippen LogP contribution in [0.5, 0.6) is 11.6 Å². The summed E-state index contributed by atoms with van der Waals surface area (Å²) in [6.45, 7) is 4.00. The second kappa shape index (κ2) is 6.18. The number of hydrogen-bond donors (Lipinski definition) is 0. The monoisotopic (exact) mass is 350 g/mol. The second-order valence-corrected chi connectivity index (χ2v) is 6.21. The van der Waals surface area contributed by atoms with Crippen molar-refractivity contribution in [2.45, 2.75) is 13.8 Å². The molecule has 0 spiro atoms. The molecule has 0 atom stereocenters. The summed E-state index contributed by atoms with van der Waals surface area (Å²) in [6.07, 6.45) is 3.19. The van der Waals surface area contributed by atoms with Crippen LogP contribution in [0.2, 0.25) is 5.02 Å². The van der Waals surface area contributed by atoms with E-state index >= 15 is 0 Å². The molecule has 6 heteroatoms. The molecule has 0 N–H and O–H groups in total. The molecule has 2 aromatic heterocycles. The molecule has 0 radical (unpaired) electrons. The van der Waals surface area contributed by atoms with Gasteiger partial charge in [-0.25, -0.2) is 14.6 Å². The van der Waals surface area contributed by atoms with Gasteiger partial charge in [0.2, 0.25) is 5.88 Å². The van der Waals surface area contributed by atoms with E-state index in [1.807, 2.05) is 56.3 Å². The van der Waals surface area contributed by atoms with Crippen molar-refractivity contribution in [2.24, 2.45) is 0 Å². The molecule has 4 aromatic rings. The van der Waals surface area contributed by atoms with Crippen LogP contribution in [0.3, 0.4) is 0 Å². The van der Waals surface area contributed by atoms with E-state index in [1.165, 1.54) is 6.33 Å². The maximum Gasteiger partial charge on any atom is 0.233 e. The Balaban J connectivity index is 1.84. The van der Waals surface area contributed by atoms with Gasteiger partial charge in [-0.15, -0.1) is 0 Å². The summed E-state index contributed by atoms with van der Waals surface area (Å²) in [5.74, 6) is 1.24. The lowest BCUT2D eigenvalue weighted by Crippen LogP contribution is -2.00. The molecular weight excluding hydrogens is 336 g/mol. The van der Waals surface area contributed by atoms with Gasteiger partial charge in [-0.05, 0) is 43.2 Å². The summed E-state index contributed by atoms with van der Waals surface area (Å²) in [7, 11) is 0. The lowest BCUT2D eigenvalue weighted by molar-refractivity contribution is 0.464. The molecule has 0 aliphatic heterocycles. The van der Waals surface area contributed by atoms with Gasteiger partial charge < -0.3 is 4.74 Å². The second-order valence-electron chi connectivity index (χ2n) is 5.77. The third-order valence-electron chi connectivity index (χ3n) is 4.03. The zero-order valence-electron chi connectivity index (χ0n) is 13.8. The summed E-state index contributed by atoms with van der Waals surface area (Å²) in [6, 6.07) is 13.5. The molecule has 0 saturated heterocycles. The SMILES string of the molecule is Cc1ccccc1Oc1ncnc2c1cnn2-c1cc(Cl)ccc1C. The van der Waals surface area contributed by atoms with E-state index in [0.29, 0.717) is 16.5 Å². The molecule has 0 aliphatic carbocycles. The average Bonchev–Trinajstić information content (AvgIpc) is 3.04. The van der Waals surface area contributed by atoms with Gasteiger partial charge in [0.15, 0.2) is 5.65 Å². The van der Waals surface area contributed by atoms with Gasteiger partial charge in [-0.3, -0.25) is 0 Å². The van der Waals surface area contributed by atoms with Crippen molar-refractivity contribution in [1.29, 1.82) is 0 Å². The zero-order valence-corrected chi connectivity index (χ0v) is 14.5. The summed E-state index contributed by atoms with van der Waals surface area (Å²) in [4.78, 5) is 8.66. The molecule has 0 fully saturated rings. The Morgan fingerprint density at radius 2 is 1.84 bits per heavy atom. The van der Waals surface area contributed by atoms with Gasteiger partial charge in [0.05, 0.1) is 11.9 Å². The minimum atomic E-state index is 0.477. The Bertz CT molecular complexity index is 1070. The number of aromatic nitrogens is 4. The van der Waals surface area contributed by atoms with Crippen LogP contribution in [0.15, 0.2) is 55.0 Å². The fourth-order valence-electron chi connectivity index (χ4n) is 2.67. The normalized spacial score (nSPS) is 11.0. The van der Waals surface area contributed by atoms with E-state index in [-0.39, 0.29) is 0 Å². The van der Waals surface area contributed by atoms with Crippen LogP contribution in [-0.4, -0.2) is 19.7 Å². The van der Waals surface area contributed by atoms with E-state index in [2.05, 4.69) is 15.1 Å². The van der Waals surface area contributed by atoms with Crippen LogP contribution >= 0.6 is 11.6 Å². The first-order valence-electron chi connectivity index (χ1n) is 7.82. The van der Waals surface area contributed by atoms with Crippen molar-refractivity contribution in [1.82, 2.24) is 19.7 Å². The van der Waals surface area contributed by atoms with E-state index < -0.39 is 0 Å². The predicted molar refractivity (Wildman–Crippen MR) is 97.7 cm³/mol. The van der Waals surface area contributed by atoms with Gasteiger partial charge in [0, 0.05) is 5.02 Å². The highest BCUT2D eigenvalue weighted by molar-refractivity contribution is 6.30. The largest absolute Gasteiger partial charge is 0.438 e. The number of aryl methyl sites for hydroxylation is 2. The average molecular weight is 351 g/mol. The van der Waals surface area contributed by atoms with Crippen LogP contribution in [0, 0.1) is 13.8 Å². The Morgan fingerprint density at radius 1 is 1.00 bits per heavy atom. The Hall–Kier alpha value is -2.92. The molecule has 0 bridgehead atoms. The lowest BCUT2D eigenvalue weighted by Gasteiger charge is -2.09. The first-order valence-corrected chi connectivity index (χ1v) is 8.20. The van der Waals surface area contributed by atoms with Crippen LogP contribution in [0.4, 0.5) is 0 Å². The highest BCUT2D eigenvalue weighted by Crippen LogP contribution is 2.30. The molecule has 2 aromatic carbocycles. The molecule has 2 heterocycles. The van der Waals surface area contributed by atoms with Crippen molar-refractivity contribution in [2.75, 3.05) is 0 Å². The third kappa shape index (κ3) is 2.83. The maximum atomic E-state index is 6.14. The minimum absolute atomic E-state index is 0.477. The summed E-state index contributed by atoms with van der Waals surface area (Å²) < 4.78 is 7.75. The molecule has 0 unspecified atom stereocenters. The molecule has 0 amide bonds. The standard InChI is InChI=1S/C19H15ClN4O/c1-12-7-8-14(20)9-16(12)24-18-15(10-23-24)19(22-11-21-18)25-17-6-4-3-5-13(17)2/h3-11H,1-2H3. The van der Waals surface area contributed by atoms with Crippen molar-refractivity contribution < 1.29 is 4.74 Å². The fraction of sp³-hybridized carbons (Fsp3) is 0.105. The molecule has 0 saturated carbocycles. The van der Waals surface area contributed by atoms with Crippen LogP contribution in [0.1, 0.15) is 11.1 Å². The molecule has 124 valence electrons. The van der Waals surface area contributed by atoms with Gasteiger partial charge >= 0.3 is 0 Å². The first kappa shape index (κ1) is 15.6. The number of benzene rings is 2. The molecule has 5 nitrogen and oxygen atoms in total. The third-order valence-corrected chi connectivity index (χ3v) is 4.26. The quantitative estimate of drug-likeness (QED) is 0.528. The highest BCUT2D eigenvalue weighted by atomic mass is 35.5. The van der Waals surface area contributed by atoms with E-state index in [9.17, 15) is 0 Å². The van der Waals surface area contributed by atoms with Gasteiger partial charge in [0.1, 0.15) is 17.5 Å². The number of nitrogens with zero attached hydrogens (tertiary/aromatic N) is 4. The number of fused-ring (bicyclic) bond motifs is 1. The molecular formula is C19H15ClN4O. The number of para-hydroxylation sites is 1. The molecule has 0 aliphatic rings. The van der Waals surface area contributed by atoms with Crippen LogP contribution in [0.25, 0.3) is 16.7 Å². The number of ether oxygens (including phenoxy) is 1. The van der Waals surface area contributed by atoms with Crippen molar-refractivity contribution >= 4 is 22.6 Å². The summed E-state index contributed by atoms with van der Waals surface area (Å²) in [5, 5.41) is 5.86. The van der Waals surface area contributed by atoms with Gasteiger partial charge in [0.25, 0.3) is 0 Å².